The average molecular weight is 613 g/mol. The summed E-state index contributed by atoms with van der Waals surface area (Å²) in [4.78, 5) is 18.4. The van der Waals surface area contributed by atoms with Crippen molar-refractivity contribution in [3.05, 3.63) is 0 Å². The van der Waals surface area contributed by atoms with Crippen molar-refractivity contribution < 1.29 is 23.7 Å². The lowest BCUT2D eigenvalue weighted by molar-refractivity contribution is -0.186. The van der Waals surface area contributed by atoms with Crippen molar-refractivity contribution in [3.63, 3.8) is 0 Å². The quantitative estimate of drug-likeness (QED) is 0.0343. The molecule has 0 aromatic heterocycles. The number of nitrogens with zero attached hydrogens (tertiary/aromatic N) is 2. The second kappa shape index (κ2) is 16.0. The Morgan fingerprint density at radius 2 is 1.69 bits per heavy atom. The van der Waals surface area contributed by atoms with Crippen LogP contribution in [0.1, 0.15) is 95.4 Å². The number of carbonyl (C=O) groups is 1. The Bertz CT molecular complexity index is 879. The van der Waals surface area contributed by atoms with Gasteiger partial charge in [-0.1, -0.05) is 53.8 Å². The summed E-state index contributed by atoms with van der Waals surface area (Å²) in [6, 6.07) is 0.961. The first kappa shape index (κ1) is 38.5. The van der Waals surface area contributed by atoms with Crippen LogP contribution in [0.4, 0.5) is 0 Å². The minimum absolute atomic E-state index is 0.0514. The first-order valence-electron chi connectivity index (χ1n) is 15.9. The summed E-state index contributed by atoms with van der Waals surface area (Å²) in [6.45, 7) is 30.2. The molecule has 0 heterocycles. The summed E-state index contributed by atoms with van der Waals surface area (Å²) in [5.41, 5.74) is 1.44. The third kappa shape index (κ3) is 11.9. The zero-order valence-electron chi connectivity index (χ0n) is 29.3. The lowest BCUT2D eigenvalue weighted by Crippen LogP contribution is -2.62. The zero-order chi connectivity index (χ0) is 32.5. The SMILES string of the molecule is CC=NC(C)([C@@H](NN(COCC[Si](C)(C)C)C(=N)OC(C)C)OCC1(C(=O)OC(C)(C)C)CCC1)[C@@H](C)[C@@H](C)C(C)C. The summed E-state index contributed by atoms with van der Waals surface area (Å²) in [7, 11) is -1.29. The smallest absolute Gasteiger partial charge is 0.314 e. The minimum Gasteiger partial charge on any atom is -0.462 e. The second-order valence-corrected chi connectivity index (χ2v) is 20.8. The van der Waals surface area contributed by atoms with Crippen LogP contribution in [0.15, 0.2) is 4.99 Å². The maximum atomic E-state index is 13.4. The number of amidine groups is 1. The highest BCUT2D eigenvalue weighted by atomic mass is 28.3. The van der Waals surface area contributed by atoms with Crippen LogP contribution < -0.4 is 5.43 Å². The number of carbonyl (C=O) groups excluding carboxylic acids is 1. The summed E-state index contributed by atoms with van der Waals surface area (Å²) in [5, 5.41) is 10.3. The predicted molar refractivity (Wildman–Crippen MR) is 176 cm³/mol. The summed E-state index contributed by atoms with van der Waals surface area (Å²) in [6.07, 6.45) is 3.34. The number of rotatable bonds is 17. The van der Waals surface area contributed by atoms with Crippen molar-refractivity contribution in [1.29, 1.82) is 5.41 Å². The lowest BCUT2D eigenvalue weighted by atomic mass is 9.69. The third-order valence-corrected chi connectivity index (χ3v) is 10.2. The molecule has 0 aromatic rings. The molecule has 9 nitrogen and oxygen atoms in total. The molecule has 0 saturated heterocycles. The molecule has 1 fully saturated rings. The molecule has 246 valence electrons. The fraction of sp³-hybridized carbons (Fsp3) is 0.906. The van der Waals surface area contributed by atoms with Crippen LogP contribution >= 0.6 is 0 Å². The number of nitrogens with one attached hydrogen (secondary N) is 2. The lowest BCUT2D eigenvalue weighted by Gasteiger charge is -2.47. The summed E-state index contributed by atoms with van der Waals surface area (Å²) < 4.78 is 24.4. The van der Waals surface area contributed by atoms with E-state index in [1.165, 1.54) is 0 Å². The Labute approximate surface area is 258 Å². The molecule has 0 aliphatic heterocycles. The Morgan fingerprint density at radius 1 is 1.10 bits per heavy atom. The summed E-state index contributed by atoms with van der Waals surface area (Å²) >= 11 is 0. The van der Waals surface area contributed by atoms with Gasteiger partial charge < -0.3 is 18.9 Å². The Hall–Kier alpha value is -1.49. The first-order valence-corrected chi connectivity index (χ1v) is 19.6. The molecule has 0 amide bonds. The maximum absolute atomic E-state index is 13.4. The fourth-order valence-corrected chi connectivity index (χ4v) is 5.66. The molecule has 1 aliphatic carbocycles. The van der Waals surface area contributed by atoms with E-state index in [0.29, 0.717) is 18.4 Å². The molecule has 1 unspecified atom stereocenters. The molecule has 4 atom stereocenters. The van der Waals surface area contributed by atoms with E-state index in [0.717, 1.165) is 25.3 Å². The monoisotopic (exact) mass is 612 g/mol. The van der Waals surface area contributed by atoms with E-state index in [1.807, 2.05) is 47.8 Å². The number of ether oxygens (including phenoxy) is 4. The molecule has 2 N–H and O–H groups in total. The van der Waals surface area contributed by atoms with Crippen LogP contribution in [-0.2, 0) is 23.7 Å². The van der Waals surface area contributed by atoms with Crippen LogP contribution in [0.25, 0.3) is 0 Å². The standard InChI is InChI=1S/C32H64N4O5Si/c1-15-34-31(11,26(7)25(6)23(2)3)27(39-21-32(17-16-18-32)28(37)41-30(8,9)10)35-36(29(33)40-24(4)5)22-38-19-20-42(12,13)14/h15,23-27,33,35H,16-22H2,1-14H3/t25-,26-,27-,31?/m0/s1. The summed E-state index contributed by atoms with van der Waals surface area (Å²) in [5.74, 6) is 0.630. The highest BCUT2D eigenvalue weighted by Crippen LogP contribution is 2.44. The van der Waals surface area contributed by atoms with Gasteiger partial charge in [0.2, 0.25) is 0 Å². The van der Waals surface area contributed by atoms with E-state index in [9.17, 15) is 4.79 Å². The molecule has 10 heteroatoms. The normalized spacial score (nSPS) is 19.2. The van der Waals surface area contributed by atoms with Gasteiger partial charge in [-0.3, -0.25) is 15.2 Å². The number of esters is 1. The van der Waals surface area contributed by atoms with Crippen molar-refractivity contribution in [2.45, 2.75) is 145 Å². The second-order valence-electron chi connectivity index (χ2n) is 15.2. The van der Waals surface area contributed by atoms with Crippen molar-refractivity contribution >= 4 is 26.3 Å². The highest BCUT2D eigenvalue weighted by molar-refractivity contribution is 6.76. The van der Waals surface area contributed by atoms with Gasteiger partial charge >= 0.3 is 12.0 Å². The number of aliphatic imine (C=N–C) groups is 1. The van der Waals surface area contributed by atoms with Crippen LogP contribution in [0.5, 0.6) is 0 Å². The molecule has 0 bridgehead atoms. The Kier molecular flexibility index (Phi) is 14.7. The molecule has 42 heavy (non-hydrogen) atoms. The van der Waals surface area contributed by atoms with E-state index in [-0.39, 0.29) is 37.4 Å². The van der Waals surface area contributed by atoms with Crippen LogP contribution in [0, 0.1) is 28.6 Å². The topological polar surface area (TPSA) is 105 Å². The highest BCUT2D eigenvalue weighted by Gasteiger charge is 2.50. The largest absolute Gasteiger partial charge is 0.462 e. The minimum atomic E-state index is -1.29. The number of hydrogen-bond acceptors (Lipinski definition) is 8. The molecule has 0 spiro atoms. The molecule has 1 saturated carbocycles. The van der Waals surface area contributed by atoms with Crippen molar-refractivity contribution in [2.24, 2.45) is 28.2 Å². The van der Waals surface area contributed by atoms with Gasteiger partial charge in [-0.2, -0.15) is 5.43 Å². The van der Waals surface area contributed by atoms with Crippen molar-refractivity contribution in [2.75, 3.05) is 19.9 Å². The van der Waals surface area contributed by atoms with Gasteiger partial charge in [0.25, 0.3) is 0 Å². The fourth-order valence-electron chi connectivity index (χ4n) is 4.91. The van der Waals surface area contributed by atoms with Crippen molar-refractivity contribution in [3.8, 4) is 0 Å². The first-order chi connectivity index (χ1) is 19.2. The third-order valence-electron chi connectivity index (χ3n) is 8.45. The molecule has 0 aromatic carbocycles. The predicted octanol–water partition coefficient (Wildman–Crippen LogP) is 7.10. The maximum Gasteiger partial charge on any atom is 0.314 e. The van der Waals surface area contributed by atoms with E-state index in [4.69, 9.17) is 29.3 Å². The van der Waals surface area contributed by atoms with Gasteiger partial charge in [0.1, 0.15) is 24.1 Å². The van der Waals surface area contributed by atoms with Gasteiger partial charge in [-0.25, -0.2) is 5.01 Å². The van der Waals surface area contributed by atoms with E-state index in [1.54, 1.807) is 5.01 Å². The zero-order valence-corrected chi connectivity index (χ0v) is 30.3. The van der Waals surface area contributed by atoms with Crippen LogP contribution in [0.3, 0.4) is 0 Å². The van der Waals surface area contributed by atoms with Gasteiger partial charge in [-0.05, 0) is 91.3 Å². The van der Waals surface area contributed by atoms with Crippen LogP contribution in [-0.4, -0.2) is 74.7 Å². The van der Waals surface area contributed by atoms with E-state index in [2.05, 4.69) is 59.7 Å². The van der Waals surface area contributed by atoms with E-state index < -0.39 is 30.9 Å². The van der Waals surface area contributed by atoms with E-state index >= 15 is 0 Å². The van der Waals surface area contributed by atoms with Gasteiger partial charge in [0, 0.05) is 14.7 Å². The molecular formula is C32H64N4O5Si. The van der Waals surface area contributed by atoms with Crippen LogP contribution in [0.2, 0.25) is 25.7 Å². The van der Waals surface area contributed by atoms with Gasteiger partial charge in [0.15, 0.2) is 0 Å². The Morgan fingerprint density at radius 3 is 2.12 bits per heavy atom. The molecule has 1 aliphatic rings. The number of hydrogen-bond donors (Lipinski definition) is 2. The Balaban J connectivity index is 3.45. The van der Waals surface area contributed by atoms with Gasteiger partial charge in [-0.15, -0.1) is 0 Å². The van der Waals surface area contributed by atoms with Crippen molar-refractivity contribution in [1.82, 2.24) is 10.4 Å². The molecular weight excluding hydrogens is 548 g/mol. The average Bonchev–Trinajstić information content (AvgIpc) is 2.80. The molecule has 1 rings (SSSR count). The number of hydrazine groups is 1. The van der Waals surface area contributed by atoms with Gasteiger partial charge in [0.05, 0.1) is 18.1 Å². The molecule has 0 radical (unpaired) electrons.